The van der Waals surface area contributed by atoms with Crippen molar-refractivity contribution in [1.82, 2.24) is 0 Å². The van der Waals surface area contributed by atoms with Gasteiger partial charge in [-0.05, 0) is 42.5 Å². The van der Waals surface area contributed by atoms with Crippen molar-refractivity contribution in [3.8, 4) is 11.5 Å². The van der Waals surface area contributed by atoms with Gasteiger partial charge in [0.1, 0.15) is 11.5 Å². The van der Waals surface area contributed by atoms with Crippen LogP contribution < -0.4 is 9.47 Å². The highest BCUT2D eigenvalue weighted by molar-refractivity contribution is 7.91. The smallest absolute Gasteiger partial charge is 0.206 e. The van der Waals surface area contributed by atoms with Crippen LogP contribution in [0.15, 0.2) is 52.3 Å². The number of hydrogen-bond acceptors (Lipinski definition) is 4. The van der Waals surface area contributed by atoms with E-state index in [-0.39, 0.29) is 9.79 Å². The second-order valence-corrected chi connectivity index (χ2v) is 5.72. The summed E-state index contributed by atoms with van der Waals surface area (Å²) in [6, 6.07) is 13.5. The highest BCUT2D eigenvalue weighted by Gasteiger charge is 2.17. The summed E-state index contributed by atoms with van der Waals surface area (Å²) in [6.45, 7) is 0. The van der Waals surface area contributed by atoms with Crippen molar-refractivity contribution in [1.29, 1.82) is 0 Å². The Morgan fingerprint density at radius 3 is 2.00 bits per heavy atom. The standard InChI is InChI=1S/C14H13O4S/c1-17-11-3-7-13(8-4-11)19(15,16)14-9-5-12(18-2)6-10-14/h3-5,7-10H,1-2H3. The van der Waals surface area contributed by atoms with Crippen LogP contribution in [0.3, 0.4) is 0 Å². The summed E-state index contributed by atoms with van der Waals surface area (Å²) in [5.74, 6) is 1.11. The quantitative estimate of drug-likeness (QED) is 0.860. The predicted molar refractivity (Wildman–Crippen MR) is 70.3 cm³/mol. The fraction of sp³-hybridized carbons (Fsp3) is 0.143. The van der Waals surface area contributed by atoms with Gasteiger partial charge in [-0.3, -0.25) is 0 Å². The Bertz CT molecular complexity index is 589. The number of sulfone groups is 1. The summed E-state index contributed by atoms with van der Waals surface area (Å²) in [4.78, 5) is 0.394. The molecule has 0 spiro atoms. The number of ether oxygens (including phenoxy) is 2. The summed E-state index contributed by atoms with van der Waals surface area (Å²) in [5.41, 5.74) is 0. The van der Waals surface area contributed by atoms with Crippen LogP contribution in [-0.2, 0) is 9.84 Å². The maximum Gasteiger partial charge on any atom is 0.206 e. The van der Waals surface area contributed by atoms with E-state index in [2.05, 4.69) is 6.07 Å². The molecule has 4 nitrogen and oxygen atoms in total. The zero-order valence-corrected chi connectivity index (χ0v) is 11.4. The van der Waals surface area contributed by atoms with Gasteiger partial charge in [-0.1, -0.05) is 0 Å². The third-order valence-corrected chi connectivity index (χ3v) is 4.42. The molecule has 0 amide bonds. The van der Waals surface area contributed by atoms with Crippen LogP contribution in [0.5, 0.6) is 11.5 Å². The van der Waals surface area contributed by atoms with Crippen molar-refractivity contribution in [2.45, 2.75) is 9.79 Å². The molecule has 0 fully saturated rings. The minimum absolute atomic E-state index is 0.179. The normalized spacial score (nSPS) is 11.1. The summed E-state index contributed by atoms with van der Waals surface area (Å²) in [7, 11) is -0.498. The molecule has 0 atom stereocenters. The molecule has 99 valence electrons. The summed E-state index contributed by atoms with van der Waals surface area (Å²) in [5, 5.41) is 0. The van der Waals surface area contributed by atoms with E-state index in [1.165, 1.54) is 38.5 Å². The molecule has 0 N–H and O–H groups in total. The minimum Gasteiger partial charge on any atom is -0.497 e. The SMILES string of the molecule is COc1[c]cc(S(=O)(=O)c2ccc(OC)cc2)cc1. The average molecular weight is 277 g/mol. The van der Waals surface area contributed by atoms with E-state index in [0.717, 1.165) is 0 Å². The van der Waals surface area contributed by atoms with Crippen LogP contribution in [0.4, 0.5) is 0 Å². The van der Waals surface area contributed by atoms with Crippen molar-refractivity contribution in [3.05, 3.63) is 48.5 Å². The van der Waals surface area contributed by atoms with Crippen LogP contribution >= 0.6 is 0 Å². The van der Waals surface area contributed by atoms with Gasteiger partial charge in [0.15, 0.2) is 0 Å². The van der Waals surface area contributed by atoms with Crippen LogP contribution in [0.1, 0.15) is 0 Å². The molecule has 0 bridgehead atoms. The van der Waals surface area contributed by atoms with E-state index < -0.39 is 9.84 Å². The summed E-state index contributed by atoms with van der Waals surface area (Å²) < 4.78 is 34.6. The monoisotopic (exact) mass is 277 g/mol. The molecule has 0 saturated carbocycles. The molecule has 0 unspecified atom stereocenters. The molecule has 0 aliphatic heterocycles. The minimum atomic E-state index is -3.53. The molecule has 2 aromatic rings. The van der Waals surface area contributed by atoms with Crippen LogP contribution in [-0.4, -0.2) is 22.6 Å². The Morgan fingerprint density at radius 2 is 1.53 bits per heavy atom. The highest BCUT2D eigenvalue weighted by Crippen LogP contribution is 2.24. The Hall–Kier alpha value is -2.01. The van der Waals surface area contributed by atoms with Crippen molar-refractivity contribution >= 4 is 9.84 Å². The first-order valence-corrected chi connectivity index (χ1v) is 7.01. The van der Waals surface area contributed by atoms with Gasteiger partial charge in [0.05, 0.1) is 24.0 Å². The maximum atomic E-state index is 12.3. The molecule has 1 radical (unpaired) electrons. The van der Waals surface area contributed by atoms with Gasteiger partial charge >= 0.3 is 0 Å². The van der Waals surface area contributed by atoms with Crippen molar-refractivity contribution < 1.29 is 17.9 Å². The highest BCUT2D eigenvalue weighted by atomic mass is 32.2. The lowest BCUT2D eigenvalue weighted by molar-refractivity contribution is 0.413. The van der Waals surface area contributed by atoms with E-state index in [0.29, 0.717) is 11.5 Å². The van der Waals surface area contributed by atoms with Gasteiger partial charge in [-0.15, -0.1) is 0 Å². The second kappa shape index (κ2) is 5.32. The first kappa shape index (κ1) is 13.4. The van der Waals surface area contributed by atoms with Gasteiger partial charge in [0.25, 0.3) is 0 Å². The number of hydrogen-bond donors (Lipinski definition) is 0. The topological polar surface area (TPSA) is 52.6 Å². The molecule has 2 rings (SSSR count). The molecular formula is C14H13O4S. The molecule has 5 heteroatoms. The average Bonchev–Trinajstić information content (AvgIpc) is 2.47. The number of rotatable bonds is 4. The van der Waals surface area contributed by atoms with Gasteiger partial charge in [0.2, 0.25) is 9.84 Å². The fourth-order valence-electron chi connectivity index (χ4n) is 1.58. The molecule has 19 heavy (non-hydrogen) atoms. The maximum absolute atomic E-state index is 12.3. The van der Waals surface area contributed by atoms with Gasteiger partial charge in [0, 0.05) is 6.07 Å². The lowest BCUT2D eigenvalue weighted by Gasteiger charge is -2.06. The van der Waals surface area contributed by atoms with Crippen molar-refractivity contribution in [3.63, 3.8) is 0 Å². The van der Waals surface area contributed by atoms with Crippen LogP contribution in [0.25, 0.3) is 0 Å². The third-order valence-electron chi connectivity index (χ3n) is 2.66. The van der Waals surface area contributed by atoms with Crippen molar-refractivity contribution in [2.24, 2.45) is 0 Å². The second-order valence-electron chi connectivity index (χ2n) is 3.77. The van der Waals surface area contributed by atoms with Crippen LogP contribution in [0.2, 0.25) is 0 Å². The Kier molecular flexibility index (Phi) is 3.76. The van der Waals surface area contributed by atoms with E-state index in [1.54, 1.807) is 18.2 Å². The van der Waals surface area contributed by atoms with E-state index in [9.17, 15) is 8.42 Å². The Morgan fingerprint density at radius 1 is 0.895 bits per heavy atom. The van der Waals surface area contributed by atoms with E-state index >= 15 is 0 Å². The zero-order valence-electron chi connectivity index (χ0n) is 10.6. The first-order valence-electron chi connectivity index (χ1n) is 5.53. The van der Waals surface area contributed by atoms with Crippen molar-refractivity contribution in [2.75, 3.05) is 14.2 Å². The largest absolute Gasteiger partial charge is 0.497 e. The zero-order chi connectivity index (χ0) is 13.9. The van der Waals surface area contributed by atoms with Gasteiger partial charge in [-0.2, -0.15) is 0 Å². The molecular weight excluding hydrogens is 264 g/mol. The molecule has 0 aliphatic rings. The third kappa shape index (κ3) is 2.71. The Balaban J connectivity index is 2.39. The summed E-state index contributed by atoms with van der Waals surface area (Å²) >= 11 is 0. The number of methoxy groups -OCH3 is 2. The first-order chi connectivity index (χ1) is 9.07. The predicted octanol–water partition coefficient (Wildman–Crippen LogP) is 2.34. The van der Waals surface area contributed by atoms with Crippen LogP contribution in [0, 0.1) is 6.07 Å². The molecule has 0 aromatic heterocycles. The van der Waals surface area contributed by atoms with Gasteiger partial charge < -0.3 is 9.47 Å². The molecule has 2 aromatic carbocycles. The molecule has 0 heterocycles. The van der Waals surface area contributed by atoms with E-state index in [1.807, 2.05) is 0 Å². The lowest BCUT2D eigenvalue weighted by atomic mass is 10.3. The Labute approximate surface area is 112 Å². The van der Waals surface area contributed by atoms with E-state index in [4.69, 9.17) is 9.47 Å². The molecule has 0 saturated heterocycles. The lowest BCUT2D eigenvalue weighted by Crippen LogP contribution is -2.02. The number of benzene rings is 2. The fourth-order valence-corrected chi connectivity index (χ4v) is 2.81. The molecule has 0 aliphatic carbocycles. The summed E-state index contributed by atoms with van der Waals surface area (Å²) in [6.07, 6.45) is 0. The van der Waals surface area contributed by atoms with Gasteiger partial charge in [-0.25, -0.2) is 8.42 Å².